The van der Waals surface area contributed by atoms with E-state index < -0.39 is 23.5 Å². The second kappa shape index (κ2) is 6.71. The molecule has 0 unspecified atom stereocenters. The van der Waals surface area contributed by atoms with Crippen molar-refractivity contribution in [2.75, 3.05) is 4.90 Å². The summed E-state index contributed by atoms with van der Waals surface area (Å²) in [5, 5.41) is 2.27. The van der Waals surface area contributed by atoms with Crippen molar-refractivity contribution in [3.63, 3.8) is 0 Å². The van der Waals surface area contributed by atoms with Crippen LogP contribution in [-0.4, -0.2) is 23.1 Å². The van der Waals surface area contributed by atoms with Gasteiger partial charge in [0.15, 0.2) is 29.5 Å². The lowest BCUT2D eigenvalue weighted by Gasteiger charge is -2.30. The summed E-state index contributed by atoms with van der Waals surface area (Å²) >= 11 is 5.01. The number of nitrogens with one attached hydrogen (secondary N) is 2. The largest absolute Gasteiger partial charge is 0.463 e. The summed E-state index contributed by atoms with van der Waals surface area (Å²) in [5.41, 5.74) is -0.00284. The maximum atomic E-state index is 14.0. The van der Waals surface area contributed by atoms with Gasteiger partial charge in [0.05, 0.1) is 12.0 Å². The zero-order valence-electron chi connectivity index (χ0n) is 12.4. The van der Waals surface area contributed by atoms with Gasteiger partial charge >= 0.3 is 0 Å². The number of carbonyl (C=O) groups is 2. The number of halogens is 1. The Labute approximate surface area is 142 Å². The number of anilines is 1. The zero-order valence-corrected chi connectivity index (χ0v) is 13.2. The van der Waals surface area contributed by atoms with Crippen LogP contribution in [-0.2, 0) is 16.1 Å². The van der Waals surface area contributed by atoms with E-state index in [-0.39, 0.29) is 10.8 Å². The Hall–Kier alpha value is -2.87. The van der Waals surface area contributed by atoms with E-state index in [9.17, 15) is 14.0 Å². The molecule has 1 atom stereocenters. The minimum Gasteiger partial charge on any atom is -0.463 e. The molecule has 3 rings (SSSR count). The van der Waals surface area contributed by atoms with Crippen LogP contribution < -0.4 is 15.2 Å². The third-order valence-corrected chi connectivity index (χ3v) is 3.72. The highest BCUT2D eigenvalue weighted by atomic mass is 32.1. The predicted molar refractivity (Wildman–Crippen MR) is 87.6 cm³/mol. The number of benzene rings is 1. The first-order valence-electron chi connectivity index (χ1n) is 7.10. The number of para-hydroxylation sites is 1. The van der Waals surface area contributed by atoms with Crippen LogP contribution in [0.2, 0.25) is 0 Å². The minimum atomic E-state index is -1.13. The van der Waals surface area contributed by atoms with Gasteiger partial charge in [-0.2, -0.15) is 0 Å². The molecule has 6 nitrogen and oxygen atoms in total. The molecule has 1 fully saturated rings. The van der Waals surface area contributed by atoms with E-state index in [1.807, 2.05) is 0 Å². The predicted octanol–water partition coefficient (Wildman–Crippen LogP) is 0.134. The first-order chi connectivity index (χ1) is 11.6. The quantitative estimate of drug-likeness (QED) is 0.469. The summed E-state index contributed by atoms with van der Waals surface area (Å²) in [7, 11) is 0. The minimum absolute atomic E-state index is 0.00284. The fourth-order valence-corrected chi connectivity index (χ4v) is 2.58. The maximum Gasteiger partial charge on any atom is 0.256 e. The van der Waals surface area contributed by atoms with Crippen LogP contribution in [0, 0.1) is 11.7 Å². The normalized spacial score (nSPS) is 18.3. The van der Waals surface area contributed by atoms with Crippen LogP contribution in [0.25, 0.3) is 0 Å². The number of hydrogen-bond donors (Lipinski definition) is 2. The lowest BCUT2D eigenvalue weighted by molar-refractivity contribution is -0.474. The fourth-order valence-electron chi connectivity index (χ4n) is 2.29. The van der Waals surface area contributed by atoms with E-state index in [1.54, 1.807) is 18.2 Å². The van der Waals surface area contributed by atoms with Gasteiger partial charge in [0.2, 0.25) is 5.91 Å². The van der Waals surface area contributed by atoms with Crippen LogP contribution in [0.1, 0.15) is 5.76 Å². The third-order valence-electron chi connectivity index (χ3n) is 3.44. The first-order valence-corrected chi connectivity index (χ1v) is 7.51. The highest BCUT2D eigenvalue weighted by Crippen LogP contribution is 2.22. The molecule has 0 bridgehead atoms. The lowest BCUT2D eigenvalue weighted by Crippen LogP contribution is -2.71. The van der Waals surface area contributed by atoms with Gasteiger partial charge in [-0.3, -0.25) is 14.5 Å². The van der Waals surface area contributed by atoms with Gasteiger partial charge in [0.1, 0.15) is 5.82 Å². The second-order valence-corrected chi connectivity index (χ2v) is 5.41. The molecule has 2 amide bonds. The Morgan fingerprint density at radius 3 is 2.79 bits per heavy atom. The molecule has 122 valence electrons. The van der Waals surface area contributed by atoms with Crippen molar-refractivity contribution >= 4 is 41.0 Å². The number of rotatable bonds is 4. The van der Waals surface area contributed by atoms with E-state index in [0.29, 0.717) is 12.3 Å². The molecule has 0 radical (unpaired) electrons. The number of amides is 2. The van der Waals surface area contributed by atoms with Crippen LogP contribution in [0.15, 0.2) is 47.1 Å². The molecule has 24 heavy (non-hydrogen) atoms. The van der Waals surface area contributed by atoms with Crippen LogP contribution >= 0.6 is 12.2 Å². The molecule has 1 aliphatic rings. The second-order valence-electron chi connectivity index (χ2n) is 5.02. The smallest absolute Gasteiger partial charge is 0.256 e. The summed E-state index contributed by atoms with van der Waals surface area (Å²) in [4.78, 5) is 28.5. The van der Waals surface area contributed by atoms with Crippen LogP contribution in [0.5, 0.6) is 0 Å². The van der Waals surface area contributed by atoms with Gasteiger partial charge in [-0.25, -0.2) is 9.38 Å². The van der Waals surface area contributed by atoms with Crippen LogP contribution in [0.3, 0.4) is 0 Å². The average Bonchev–Trinajstić information content (AvgIpc) is 3.05. The lowest BCUT2D eigenvalue weighted by atomic mass is 10.1. The Kier molecular flexibility index (Phi) is 4.48. The van der Waals surface area contributed by atoms with E-state index in [4.69, 9.17) is 16.6 Å². The number of thiocarbonyl (C=S) groups is 1. The molecular weight excluding hydrogens is 333 g/mol. The van der Waals surface area contributed by atoms with Crippen molar-refractivity contribution in [1.82, 2.24) is 5.32 Å². The topological polar surface area (TPSA) is 76.5 Å². The molecule has 1 aromatic heterocycles. The summed E-state index contributed by atoms with van der Waals surface area (Å²) in [6, 6.07) is 9.21. The van der Waals surface area contributed by atoms with E-state index in [1.165, 1.54) is 30.7 Å². The fraction of sp³-hybridized carbons (Fsp3) is 0.125. The number of furan rings is 1. The van der Waals surface area contributed by atoms with Gasteiger partial charge in [0.25, 0.3) is 5.91 Å². The van der Waals surface area contributed by atoms with E-state index in [0.717, 1.165) is 4.90 Å². The van der Waals surface area contributed by atoms with E-state index in [2.05, 4.69) is 10.3 Å². The zero-order chi connectivity index (χ0) is 17.1. The van der Waals surface area contributed by atoms with Crippen molar-refractivity contribution in [1.29, 1.82) is 0 Å². The standard InChI is InChI=1S/C16H12FN3O3S/c17-12-5-1-2-6-13(12)20-15(22)11(14(21)19-16(20)24)9-18-8-10-4-3-7-23-10/h1-7,9,11H,8H2,(H,19,21,24)/p+1/t11-/m1/s1. The monoisotopic (exact) mass is 346 g/mol. The Morgan fingerprint density at radius 2 is 2.08 bits per heavy atom. The van der Waals surface area contributed by atoms with Gasteiger partial charge in [0, 0.05) is 0 Å². The van der Waals surface area contributed by atoms with Crippen molar-refractivity contribution in [3.8, 4) is 0 Å². The third kappa shape index (κ3) is 3.09. The summed E-state index contributed by atoms with van der Waals surface area (Å²) < 4.78 is 19.1. The molecule has 1 aromatic carbocycles. The van der Waals surface area contributed by atoms with Crippen LogP contribution in [0.4, 0.5) is 10.1 Å². The van der Waals surface area contributed by atoms with Crippen molar-refractivity contribution < 1.29 is 23.4 Å². The summed E-state index contributed by atoms with van der Waals surface area (Å²) in [5.74, 6) is -2.28. The molecule has 0 aliphatic carbocycles. The number of nitrogens with zero attached hydrogens (tertiary/aromatic N) is 1. The highest BCUT2D eigenvalue weighted by Gasteiger charge is 2.40. The molecule has 8 heteroatoms. The van der Waals surface area contributed by atoms with Gasteiger partial charge in [-0.05, 0) is 36.5 Å². The molecule has 0 saturated carbocycles. The Morgan fingerprint density at radius 1 is 1.29 bits per heavy atom. The number of carbonyl (C=O) groups excluding carboxylic acids is 2. The molecule has 1 saturated heterocycles. The molecule has 2 N–H and O–H groups in total. The van der Waals surface area contributed by atoms with E-state index >= 15 is 0 Å². The molecule has 2 heterocycles. The molecule has 0 spiro atoms. The summed E-state index contributed by atoms with van der Waals surface area (Å²) in [6.45, 7) is 0.314. The Bertz CT molecular complexity index is 820. The first kappa shape index (κ1) is 16.0. The van der Waals surface area contributed by atoms with Crippen molar-refractivity contribution in [2.24, 2.45) is 5.92 Å². The summed E-state index contributed by atoms with van der Waals surface area (Å²) in [6.07, 6.45) is 2.86. The highest BCUT2D eigenvalue weighted by molar-refractivity contribution is 7.80. The van der Waals surface area contributed by atoms with Crippen molar-refractivity contribution in [3.05, 3.63) is 54.2 Å². The Balaban J connectivity index is 1.83. The maximum absolute atomic E-state index is 14.0. The number of hydrogen-bond acceptors (Lipinski definition) is 4. The SMILES string of the molecule is O=C1NC(=S)N(c2ccccc2F)C(=O)[C@@H]1C=[NH+]Cc1ccco1. The molecule has 1 aliphatic heterocycles. The average molecular weight is 346 g/mol. The van der Waals surface area contributed by atoms with Gasteiger partial charge in [-0.1, -0.05) is 12.1 Å². The molecule has 2 aromatic rings. The van der Waals surface area contributed by atoms with Gasteiger partial charge < -0.3 is 9.73 Å². The molecular formula is C16H13FN3O3S+. The van der Waals surface area contributed by atoms with Gasteiger partial charge in [-0.15, -0.1) is 0 Å². The van der Waals surface area contributed by atoms with Crippen molar-refractivity contribution in [2.45, 2.75) is 6.54 Å².